The monoisotopic (exact) mass is 1040 g/mol. The largest absolute Gasteiger partial charge is 0.467 e. The summed E-state index contributed by atoms with van der Waals surface area (Å²) in [6, 6.07) is 22.1. The van der Waals surface area contributed by atoms with Crippen LogP contribution in [0.25, 0.3) is 0 Å². The van der Waals surface area contributed by atoms with Crippen LogP contribution in [0.4, 0.5) is 0 Å². The fourth-order valence-electron chi connectivity index (χ4n) is 4.70. The molecule has 4 aromatic carbocycles. The predicted molar refractivity (Wildman–Crippen MR) is 223 cm³/mol. The van der Waals surface area contributed by atoms with Crippen molar-refractivity contribution >= 4 is 68.8 Å². The van der Waals surface area contributed by atoms with Crippen molar-refractivity contribution in [2.75, 3.05) is 31.8 Å². The second kappa shape index (κ2) is 21.4. The highest BCUT2D eigenvalue weighted by Crippen LogP contribution is 2.28. The van der Waals surface area contributed by atoms with Gasteiger partial charge >= 0.3 is 5.97 Å². The molecule has 4 rings (SSSR count). The summed E-state index contributed by atoms with van der Waals surface area (Å²) in [5.41, 5.74) is 0.320. The van der Waals surface area contributed by atoms with Crippen molar-refractivity contribution in [1.29, 1.82) is 0 Å². The molecule has 1 amide bonds. The van der Waals surface area contributed by atoms with Crippen molar-refractivity contribution in [3.63, 3.8) is 0 Å². The van der Waals surface area contributed by atoms with Gasteiger partial charge in [-0.1, -0.05) is 12.1 Å². The number of benzene rings is 4. The Morgan fingerprint density at radius 3 is 1.25 bits per heavy atom. The van der Waals surface area contributed by atoms with Crippen LogP contribution < -0.4 is 15.0 Å². The molecular formula is C37H43I2NO14S2. The Labute approximate surface area is 348 Å². The number of nitrogens with one attached hydrogen (secondary N) is 1. The number of aliphatic hydroxyl groups is 4. The van der Waals surface area contributed by atoms with Gasteiger partial charge in [0, 0.05) is 37.2 Å². The lowest BCUT2D eigenvalue weighted by atomic mass is 10.1. The maximum Gasteiger partial charge on any atom is 0.341 e. The number of aryl methyl sites for hydroxylation is 4. The Bertz CT molecular complexity index is 2010. The van der Waals surface area contributed by atoms with E-state index in [1.165, 1.54) is 48.5 Å². The Balaban J connectivity index is 0.000000370. The van der Waals surface area contributed by atoms with Crippen LogP contribution in [0.5, 0.6) is 23.0 Å². The van der Waals surface area contributed by atoms with Crippen LogP contribution in [-0.2, 0) is 34.0 Å². The summed E-state index contributed by atoms with van der Waals surface area (Å²) >= 11 is 4.24. The molecule has 0 spiro atoms. The van der Waals surface area contributed by atoms with Crippen LogP contribution >= 0.6 is 37.2 Å². The van der Waals surface area contributed by atoms with Crippen molar-refractivity contribution in [1.82, 2.24) is 5.48 Å². The minimum Gasteiger partial charge on any atom is -0.467 e. The minimum absolute atomic E-state index is 0.120. The summed E-state index contributed by atoms with van der Waals surface area (Å²) in [6.07, 6.45) is 0. The topological polar surface area (TPSA) is 243 Å². The Kier molecular flexibility index (Phi) is 18.6. The summed E-state index contributed by atoms with van der Waals surface area (Å²) in [6.45, 7) is 5.62. The molecule has 306 valence electrons. The zero-order valence-corrected chi connectivity index (χ0v) is 36.8. The van der Waals surface area contributed by atoms with E-state index in [1.807, 2.05) is 58.0 Å². The van der Waals surface area contributed by atoms with Gasteiger partial charge < -0.3 is 34.6 Å². The molecule has 0 radical (unpaired) electrons. The molecule has 19 heteroatoms. The molecule has 6 N–H and O–H groups in total. The highest BCUT2D eigenvalue weighted by molar-refractivity contribution is 15.0. The second-order valence-corrected chi connectivity index (χ2v) is 16.4. The second-order valence-electron chi connectivity index (χ2n) is 12.5. The van der Waals surface area contributed by atoms with E-state index < -0.39 is 67.5 Å². The molecule has 0 bridgehead atoms. The summed E-state index contributed by atoms with van der Waals surface area (Å²) in [7, 11) is -7.18. The summed E-state index contributed by atoms with van der Waals surface area (Å²) in [5, 5.41) is 47.0. The van der Waals surface area contributed by atoms with Crippen LogP contribution in [0.3, 0.4) is 0 Å². The molecule has 0 fully saturated rings. The normalized spacial score (nSPS) is 13.3. The van der Waals surface area contributed by atoms with Gasteiger partial charge in [-0.25, -0.2) is 27.1 Å². The predicted octanol–water partition coefficient (Wildman–Crippen LogP) is 4.64. The third-order valence-electron chi connectivity index (χ3n) is 8.26. The number of rotatable bonds is 14. The van der Waals surface area contributed by atoms with Gasteiger partial charge in [-0.2, -0.15) is 0 Å². The van der Waals surface area contributed by atoms with Gasteiger partial charge in [0.2, 0.25) is 0 Å². The molecule has 0 saturated heterocycles. The molecule has 2 unspecified atom stereocenters. The highest BCUT2D eigenvalue weighted by atomic mass is 128. The SMILES string of the molecule is COC(=O)C(O)(CO)CS(=O)(=O)c1ccc(Oc2ccc(C)c(C)c2)cc1.Cc1ccc(Oc2ccc(S(=O)(=O)CC(O)(CO)C(=O)NO)cc2)cc1C.II. The maximum absolute atomic E-state index is 12.5. The molecule has 2 atom stereocenters. The van der Waals surface area contributed by atoms with Crippen molar-refractivity contribution < 1.29 is 66.3 Å². The highest BCUT2D eigenvalue weighted by Gasteiger charge is 2.42. The number of methoxy groups -OCH3 is 1. The third-order valence-corrected chi connectivity index (χ3v) is 12.0. The first-order valence-corrected chi connectivity index (χ1v) is 25.8. The molecule has 0 aliphatic rings. The summed E-state index contributed by atoms with van der Waals surface area (Å²) in [4.78, 5) is 22.7. The lowest BCUT2D eigenvalue weighted by molar-refractivity contribution is -0.163. The van der Waals surface area contributed by atoms with E-state index in [2.05, 4.69) is 42.0 Å². The van der Waals surface area contributed by atoms with Crippen LogP contribution in [0, 0.1) is 27.7 Å². The van der Waals surface area contributed by atoms with Crippen LogP contribution in [0.15, 0.2) is 94.7 Å². The third kappa shape index (κ3) is 13.3. The summed E-state index contributed by atoms with van der Waals surface area (Å²) in [5.74, 6) is -2.67. The number of esters is 1. The van der Waals surface area contributed by atoms with E-state index >= 15 is 0 Å². The molecular weight excluding hydrogens is 1000 g/mol. The molecule has 0 aliphatic carbocycles. The number of hydrogen-bond acceptors (Lipinski definition) is 14. The van der Waals surface area contributed by atoms with Gasteiger partial charge in [0.15, 0.2) is 30.9 Å². The molecule has 0 aromatic heterocycles. The van der Waals surface area contributed by atoms with Gasteiger partial charge in [0.1, 0.15) is 23.0 Å². The first-order valence-electron chi connectivity index (χ1n) is 16.2. The first-order chi connectivity index (χ1) is 26.2. The number of aliphatic hydroxyl groups excluding tert-OH is 2. The van der Waals surface area contributed by atoms with Gasteiger partial charge in [-0.3, -0.25) is 10.0 Å². The Hall–Kier alpha value is -3.42. The van der Waals surface area contributed by atoms with E-state index in [0.717, 1.165) is 34.8 Å². The van der Waals surface area contributed by atoms with E-state index in [-0.39, 0.29) is 9.79 Å². The average Bonchev–Trinajstić information content (AvgIpc) is 3.18. The van der Waals surface area contributed by atoms with Crippen molar-refractivity contribution in [2.45, 2.75) is 48.7 Å². The molecule has 0 aliphatic heterocycles. The fraction of sp³-hybridized carbons (Fsp3) is 0.297. The van der Waals surface area contributed by atoms with E-state index in [1.54, 1.807) is 6.07 Å². The van der Waals surface area contributed by atoms with Gasteiger partial charge in [0.25, 0.3) is 5.91 Å². The zero-order valence-electron chi connectivity index (χ0n) is 30.9. The van der Waals surface area contributed by atoms with Gasteiger partial charge in [-0.05, 0) is 123 Å². The average molecular weight is 1040 g/mol. The van der Waals surface area contributed by atoms with Crippen molar-refractivity contribution in [3.8, 4) is 23.0 Å². The standard InChI is InChI=1S/C19H22O7S.C18H21NO7S.I2/c1-13-4-5-16(10-14(13)2)26-15-6-8-17(9-7-15)27(23,24)12-19(22,11-20)18(21)25-3;1-12-3-4-15(9-13(12)2)26-14-5-7-16(8-6-14)27(24,25)11-18(22,10-20)17(21)19-23;1-2/h4-10,20,22H,11-12H2,1-3H3;3-9,20,22-23H,10-11H2,1-2H3,(H,19,21);. The summed E-state index contributed by atoms with van der Waals surface area (Å²) < 4.78 is 65.5. The van der Waals surface area contributed by atoms with Crippen molar-refractivity contribution in [2.24, 2.45) is 0 Å². The smallest absolute Gasteiger partial charge is 0.341 e. The number of halogens is 2. The number of ether oxygens (including phenoxy) is 3. The number of hydrogen-bond donors (Lipinski definition) is 6. The van der Waals surface area contributed by atoms with Gasteiger partial charge in [-0.15, -0.1) is 0 Å². The molecule has 0 saturated carbocycles. The maximum atomic E-state index is 12.5. The number of carbonyl (C=O) groups excluding carboxylic acids is 2. The molecule has 15 nitrogen and oxygen atoms in total. The quantitative estimate of drug-likeness (QED) is 0.0437. The van der Waals surface area contributed by atoms with Crippen molar-refractivity contribution in [3.05, 3.63) is 107 Å². The lowest BCUT2D eigenvalue weighted by Gasteiger charge is -2.22. The Morgan fingerprint density at radius 1 is 0.607 bits per heavy atom. The van der Waals surface area contributed by atoms with Gasteiger partial charge in [0.05, 0.1) is 41.6 Å². The van der Waals surface area contributed by atoms with Crippen LogP contribution in [0.1, 0.15) is 22.3 Å². The lowest BCUT2D eigenvalue weighted by Crippen LogP contribution is -2.53. The van der Waals surface area contributed by atoms with Crippen LogP contribution in [-0.4, -0.2) is 97.4 Å². The number of hydroxylamine groups is 1. The number of carbonyl (C=O) groups is 2. The minimum atomic E-state index is -4.12. The van der Waals surface area contributed by atoms with E-state index in [0.29, 0.717) is 23.0 Å². The zero-order chi connectivity index (χ0) is 42.5. The van der Waals surface area contributed by atoms with E-state index in [9.17, 15) is 41.7 Å². The molecule has 56 heavy (non-hydrogen) atoms. The first kappa shape index (κ1) is 48.7. The Morgan fingerprint density at radius 2 is 0.946 bits per heavy atom. The van der Waals surface area contributed by atoms with E-state index in [4.69, 9.17) is 19.8 Å². The number of amides is 1. The fourth-order valence-corrected chi connectivity index (χ4v) is 7.82. The van der Waals surface area contributed by atoms with Crippen LogP contribution in [0.2, 0.25) is 0 Å². The molecule has 0 heterocycles. The molecule has 4 aromatic rings. The number of sulfone groups is 2.